The van der Waals surface area contributed by atoms with Crippen LogP contribution in [0.25, 0.3) is 0 Å². The largest absolute Gasteiger partial charge is 0.462 e. The molecule has 0 aliphatic heterocycles. The maximum Gasteiger partial charge on any atom is 0.338 e. The Labute approximate surface area is 107 Å². The van der Waals surface area contributed by atoms with Gasteiger partial charge in [0.2, 0.25) is 0 Å². The summed E-state index contributed by atoms with van der Waals surface area (Å²) in [5.41, 5.74) is 1.09. The molecule has 1 aromatic carbocycles. The third kappa shape index (κ3) is 2.24. The third-order valence-corrected chi connectivity index (χ3v) is 3.60. The lowest BCUT2D eigenvalue weighted by Gasteiger charge is -2.21. The molecule has 0 radical (unpaired) electrons. The molecule has 1 saturated carbocycles. The molecule has 3 heteroatoms. The zero-order valence-electron chi connectivity index (χ0n) is 10.6. The number of rotatable bonds is 3. The highest BCUT2D eigenvalue weighted by atomic mass is 16.5. The number of ether oxygens (including phenoxy) is 1. The quantitative estimate of drug-likeness (QED) is 0.766. The number of carbonyl (C=O) groups excluding carboxylic acids is 1. The molecule has 0 saturated heterocycles. The van der Waals surface area contributed by atoms with Crippen molar-refractivity contribution in [3.8, 4) is 6.07 Å². The summed E-state index contributed by atoms with van der Waals surface area (Å²) in [6.45, 7) is 2.15. The van der Waals surface area contributed by atoms with Crippen LogP contribution in [-0.4, -0.2) is 12.6 Å². The molecule has 0 bridgehead atoms. The molecule has 2 rings (SSSR count). The topological polar surface area (TPSA) is 50.1 Å². The van der Waals surface area contributed by atoms with Crippen LogP contribution in [0.3, 0.4) is 0 Å². The van der Waals surface area contributed by atoms with E-state index in [0.29, 0.717) is 12.2 Å². The smallest absolute Gasteiger partial charge is 0.338 e. The highest BCUT2D eigenvalue weighted by Crippen LogP contribution is 2.40. The van der Waals surface area contributed by atoms with E-state index in [1.165, 1.54) is 0 Å². The normalized spacial score (nSPS) is 17.1. The zero-order chi connectivity index (χ0) is 13.0. The molecule has 1 aliphatic carbocycles. The molecule has 0 spiro atoms. The summed E-state index contributed by atoms with van der Waals surface area (Å²) in [6.07, 6.45) is 3.93. The molecule has 0 N–H and O–H groups in total. The van der Waals surface area contributed by atoms with Gasteiger partial charge in [0.05, 0.1) is 23.7 Å². The van der Waals surface area contributed by atoms with Gasteiger partial charge >= 0.3 is 5.97 Å². The molecular weight excluding hydrogens is 226 g/mol. The van der Waals surface area contributed by atoms with Gasteiger partial charge in [-0.15, -0.1) is 0 Å². The number of nitriles is 1. The Morgan fingerprint density at radius 3 is 2.78 bits per heavy atom. The lowest BCUT2D eigenvalue weighted by Crippen LogP contribution is -2.20. The lowest BCUT2D eigenvalue weighted by molar-refractivity contribution is 0.0526. The molecular formula is C15H17NO2. The molecule has 0 heterocycles. The first-order valence-corrected chi connectivity index (χ1v) is 6.41. The molecule has 1 fully saturated rings. The Hall–Kier alpha value is -1.82. The Balaban J connectivity index is 2.32. The van der Waals surface area contributed by atoms with Crippen LogP contribution in [0.4, 0.5) is 0 Å². The SMILES string of the molecule is CCOC(=O)c1cccc(C2(C#N)CCCC2)c1. The van der Waals surface area contributed by atoms with E-state index in [4.69, 9.17) is 4.74 Å². The fraction of sp³-hybridized carbons (Fsp3) is 0.467. The molecule has 94 valence electrons. The van der Waals surface area contributed by atoms with Crippen molar-refractivity contribution >= 4 is 5.97 Å². The maximum atomic E-state index is 11.7. The van der Waals surface area contributed by atoms with Crippen LogP contribution < -0.4 is 0 Å². The number of esters is 1. The van der Waals surface area contributed by atoms with Gasteiger partial charge in [-0.05, 0) is 37.5 Å². The van der Waals surface area contributed by atoms with Gasteiger partial charge in [-0.25, -0.2) is 4.79 Å². The van der Waals surface area contributed by atoms with E-state index >= 15 is 0 Å². The Morgan fingerprint density at radius 2 is 2.17 bits per heavy atom. The second kappa shape index (κ2) is 5.22. The second-order valence-electron chi connectivity index (χ2n) is 4.70. The summed E-state index contributed by atoms with van der Waals surface area (Å²) in [5, 5.41) is 9.44. The molecule has 1 aromatic rings. The van der Waals surface area contributed by atoms with Crippen molar-refractivity contribution in [3.05, 3.63) is 35.4 Å². The summed E-state index contributed by atoms with van der Waals surface area (Å²) in [6, 6.07) is 9.76. The summed E-state index contributed by atoms with van der Waals surface area (Å²) in [4.78, 5) is 11.7. The number of carbonyl (C=O) groups is 1. The van der Waals surface area contributed by atoms with Gasteiger partial charge in [-0.2, -0.15) is 5.26 Å². The predicted molar refractivity (Wildman–Crippen MR) is 68.2 cm³/mol. The van der Waals surface area contributed by atoms with E-state index in [-0.39, 0.29) is 5.97 Å². The Bertz CT molecular complexity index is 482. The van der Waals surface area contributed by atoms with Gasteiger partial charge in [-0.1, -0.05) is 25.0 Å². The first-order chi connectivity index (χ1) is 8.72. The van der Waals surface area contributed by atoms with E-state index < -0.39 is 5.41 Å². The van der Waals surface area contributed by atoms with Crippen molar-refractivity contribution < 1.29 is 9.53 Å². The van der Waals surface area contributed by atoms with Gasteiger partial charge < -0.3 is 4.74 Å². The summed E-state index contributed by atoms with van der Waals surface area (Å²) in [5.74, 6) is -0.314. The van der Waals surface area contributed by atoms with Gasteiger partial charge in [0.15, 0.2) is 0 Å². The lowest BCUT2D eigenvalue weighted by atomic mass is 9.80. The monoisotopic (exact) mass is 243 g/mol. The van der Waals surface area contributed by atoms with Crippen LogP contribution in [-0.2, 0) is 10.2 Å². The van der Waals surface area contributed by atoms with Gasteiger partial charge in [0.1, 0.15) is 0 Å². The highest BCUT2D eigenvalue weighted by Gasteiger charge is 2.36. The molecule has 0 unspecified atom stereocenters. The van der Waals surface area contributed by atoms with E-state index in [2.05, 4.69) is 6.07 Å². The highest BCUT2D eigenvalue weighted by molar-refractivity contribution is 5.89. The Morgan fingerprint density at radius 1 is 1.44 bits per heavy atom. The minimum atomic E-state index is -0.400. The average Bonchev–Trinajstić information content (AvgIpc) is 2.89. The van der Waals surface area contributed by atoms with E-state index in [0.717, 1.165) is 31.2 Å². The minimum absolute atomic E-state index is 0.314. The fourth-order valence-electron chi connectivity index (χ4n) is 2.60. The minimum Gasteiger partial charge on any atom is -0.462 e. The summed E-state index contributed by atoms with van der Waals surface area (Å²) in [7, 11) is 0. The van der Waals surface area contributed by atoms with Crippen LogP contribution in [0.1, 0.15) is 48.5 Å². The summed E-state index contributed by atoms with van der Waals surface area (Å²) >= 11 is 0. The first kappa shape index (κ1) is 12.6. The average molecular weight is 243 g/mol. The molecule has 0 amide bonds. The Kier molecular flexibility index (Phi) is 3.66. The predicted octanol–water partition coefficient (Wildman–Crippen LogP) is 3.20. The third-order valence-electron chi connectivity index (χ3n) is 3.60. The first-order valence-electron chi connectivity index (χ1n) is 6.41. The van der Waals surface area contributed by atoms with Crippen molar-refractivity contribution in [2.75, 3.05) is 6.61 Å². The van der Waals surface area contributed by atoms with E-state index in [1.807, 2.05) is 18.2 Å². The standard InChI is InChI=1S/C15H17NO2/c1-2-18-14(17)12-6-5-7-13(10-12)15(11-16)8-3-4-9-15/h5-7,10H,2-4,8-9H2,1H3. The van der Waals surface area contributed by atoms with Crippen LogP contribution >= 0.6 is 0 Å². The molecule has 3 nitrogen and oxygen atoms in total. The van der Waals surface area contributed by atoms with Crippen LogP contribution in [0.5, 0.6) is 0 Å². The number of hydrogen-bond acceptors (Lipinski definition) is 3. The van der Waals surface area contributed by atoms with Crippen molar-refractivity contribution in [2.45, 2.75) is 38.0 Å². The molecule has 0 aromatic heterocycles. The summed E-state index contributed by atoms with van der Waals surface area (Å²) < 4.78 is 4.99. The van der Waals surface area contributed by atoms with Crippen LogP contribution in [0.15, 0.2) is 24.3 Å². The van der Waals surface area contributed by atoms with Crippen molar-refractivity contribution in [2.24, 2.45) is 0 Å². The number of nitrogens with zero attached hydrogens (tertiary/aromatic N) is 1. The van der Waals surface area contributed by atoms with Crippen molar-refractivity contribution in [3.63, 3.8) is 0 Å². The molecule has 1 aliphatic rings. The number of benzene rings is 1. The zero-order valence-corrected chi connectivity index (χ0v) is 10.6. The maximum absolute atomic E-state index is 11.7. The van der Waals surface area contributed by atoms with E-state index in [9.17, 15) is 10.1 Å². The van der Waals surface area contributed by atoms with Gasteiger partial charge in [0.25, 0.3) is 0 Å². The number of hydrogen-bond donors (Lipinski definition) is 0. The molecule has 0 atom stereocenters. The van der Waals surface area contributed by atoms with E-state index in [1.54, 1.807) is 13.0 Å². The second-order valence-corrected chi connectivity index (χ2v) is 4.70. The molecule has 18 heavy (non-hydrogen) atoms. The van der Waals surface area contributed by atoms with Crippen molar-refractivity contribution in [1.82, 2.24) is 0 Å². The van der Waals surface area contributed by atoms with Gasteiger partial charge in [-0.3, -0.25) is 0 Å². The van der Waals surface area contributed by atoms with Crippen LogP contribution in [0.2, 0.25) is 0 Å². The van der Waals surface area contributed by atoms with Crippen molar-refractivity contribution in [1.29, 1.82) is 5.26 Å². The van der Waals surface area contributed by atoms with Gasteiger partial charge in [0, 0.05) is 0 Å². The fourth-order valence-corrected chi connectivity index (χ4v) is 2.60. The van der Waals surface area contributed by atoms with Crippen LogP contribution in [0, 0.1) is 11.3 Å².